The first-order chi connectivity index (χ1) is 4.52. The minimum Gasteiger partial charge on any atom is -0.0596 e. The molecule has 2 fully saturated rings. The summed E-state index contributed by atoms with van der Waals surface area (Å²) >= 11 is 0. The maximum Gasteiger partial charge on any atom is -0.0318 e. The molecule has 2 rings (SSSR count). The molecular formula is C10H18. The first-order valence-corrected chi connectivity index (χ1v) is 4.52. The highest BCUT2D eigenvalue weighted by atomic mass is 14.6. The highest BCUT2D eigenvalue weighted by Crippen LogP contribution is 2.62. The SMILES string of the molecule is CC1(C)C[C@]2(C)CC[C@H]1C2. The van der Waals surface area contributed by atoms with E-state index in [9.17, 15) is 0 Å². The molecule has 0 amide bonds. The van der Waals surface area contributed by atoms with Gasteiger partial charge in [-0.3, -0.25) is 0 Å². The molecule has 2 aliphatic carbocycles. The van der Waals surface area contributed by atoms with Gasteiger partial charge in [0.2, 0.25) is 0 Å². The summed E-state index contributed by atoms with van der Waals surface area (Å²) in [5.41, 5.74) is 1.42. The van der Waals surface area contributed by atoms with Gasteiger partial charge >= 0.3 is 0 Å². The monoisotopic (exact) mass is 138 g/mol. The number of fused-ring (bicyclic) bond motifs is 2. The van der Waals surface area contributed by atoms with Crippen LogP contribution in [0.15, 0.2) is 0 Å². The number of hydrogen-bond acceptors (Lipinski definition) is 0. The zero-order valence-corrected chi connectivity index (χ0v) is 7.41. The Labute approximate surface area is 64.0 Å². The van der Waals surface area contributed by atoms with E-state index in [0.29, 0.717) is 5.41 Å². The molecule has 0 saturated heterocycles. The third-order valence-corrected chi connectivity index (χ3v) is 3.82. The molecule has 2 aliphatic rings. The van der Waals surface area contributed by atoms with Crippen molar-refractivity contribution in [2.45, 2.75) is 46.5 Å². The van der Waals surface area contributed by atoms with Crippen LogP contribution in [-0.2, 0) is 0 Å². The van der Waals surface area contributed by atoms with E-state index in [2.05, 4.69) is 20.8 Å². The van der Waals surface area contributed by atoms with Crippen molar-refractivity contribution in [1.29, 1.82) is 0 Å². The summed E-state index contributed by atoms with van der Waals surface area (Å²) in [6.07, 6.45) is 6.00. The van der Waals surface area contributed by atoms with Crippen molar-refractivity contribution < 1.29 is 0 Å². The first kappa shape index (κ1) is 6.69. The number of rotatable bonds is 0. The van der Waals surface area contributed by atoms with Gasteiger partial charge in [0.05, 0.1) is 0 Å². The third kappa shape index (κ3) is 0.741. The Bertz CT molecular complexity index is 155. The predicted molar refractivity (Wildman–Crippen MR) is 43.8 cm³/mol. The van der Waals surface area contributed by atoms with Crippen molar-refractivity contribution in [3.63, 3.8) is 0 Å². The van der Waals surface area contributed by atoms with E-state index >= 15 is 0 Å². The van der Waals surface area contributed by atoms with Crippen LogP contribution in [0.4, 0.5) is 0 Å². The van der Waals surface area contributed by atoms with Crippen molar-refractivity contribution in [2.24, 2.45) is 16.7 Å². The second kappa shape index (κ2) is 1.60. The molecule has 0 aromatic heterocycles. The summed E-state index contributed by atoms with van der Waals surface area (Å²) in [6, 6.07) is 0. The first-order valence-electron chi connectivity index (χ1n) is 4.52. The van der Waals surface area contributed by atoms with Gasteiger partial charge in [0, 0.05) is 0 Å². The molecule has 2 atom stereocenters. The Morgan fingerprint density at radius 1 is 1.20 bits per heavy atom. The largest absolute Gasteiger partial charge is 0.0596 e. The highest BCUT2D eigenvalue weighted by molar-refractivity contribution is 5.01. The molecule has 0 aromatic carbocycles. The second-order valence-electron chi connectivity index (χ2n) is 5.42. The molecule has 0 N–H and O–H groups in total. The molecular weight excluding hydrogens is 120 g/mol. The van der Waals surface area contributed by atoms with Gasteiger partial charge in [0.1, 0.15) is 0 Å². The van der Waals surface area contributed by atoms with Gasteiger partial charge in [0.15, 0.2) is 0 Å². The van der Waals surface area contributed by atoms with E-state index in [1.165, 1.54) is 25.7 Å². The lowest BCUT2D eigenvalue weighted by atomic mass is 9.73. The fraction of sp³-hybridized carbons (Fsp3) is 1.00. The predicted octanol–water partition coefficient (Wildman–Crippen LogP) is 3.22. The standard InChI is InChI=1S/C10H18/c1-9(2)7-10(3)5-4-8(9)6-10/h8H,4-7H2,1-3H3/t8-,10+/m0/s1. The van der Waals surface area contributed by atoms with Crippen LogP contribution in [0.1, 0.15) is 46.5 Å². The lowest BCUT2D eigenvalue weighted by Gasteiger charge is -2.32. The second-order valence-corrected chi connectivity index (χ2v) is 5.42. The minimum absolute atomic E-state index is 0.674. The van der Waals surface area contributed by atoms with Gasteiger partial charge in [-0.25, -0.2) is 0 Å². The average molecular weight is 138 g/mol. The molecule has 0 radical (unpaired) electrons. The molecule has 0 spiro atoms. The Morgan fingerprint density at radius 3 is 2.10 bits per heavy atom. The Kier molecular flexibility index (Phi) is 1.07. The summed E-state index contributed by atoms with van der Waals surface area (Å²) in [4.78, 5) is 0. The molecule has 0 aromatic rings. The molecule has 0 aliphatic heterocycles. The van der Waals surface area contributed by atoms with Crippen molar-refractivity contribution >= 4 is 0 Å². The van der Waals surface area contributed by atoms with Crippen molar-refractivity contribution in [3.8, 4) is 0 Å². The van der Waals surface area contributed by atoms with E-state index in [1.807, 2.05) is 0 Å². The minimum atomic E-state index is 0.674. The molecule has 10 heavy (non-hydrogen) atoms. The summed E-state index contributed by atoms with van der Waals surface area (Å²) in [6.45, 7) is 7.37. The van der Waals surface area contributed by atoms with Gasteiger partial charge in [-0.05, 0) is 42.4 Å². The number of hydrogen-bond donors (Lipinski definition) is 0. The topological polar surface area (TPSA) is 0 Å². The van der Waals surface area contributed by atoms with Gasteiger partial charge in [-0.2, -0.15) is 0 Å². The fourth-order valence-electron chi connectivity index (χ4n) is 3.39. The van der Waals surface area contributed by atoms with Crippen LogP contribution in [0.3, 0.4) is 0 Å². The van der Waals surface area contributed by atoms with E-state index in [0.717, 1.165) is 11.3 Å². The average Bonchev–Trinajstić information content (AvgIpc) is 2.16. The Morgan fingerprint density at radius 2 is 1.90 bits per heavy atom. The summed E-state index contributed by atoms with van der Waals surface area (Å²) < 4.78 is 0. The van der Waals surface area contributed by atoms with Gasteiger partial charge in [-0.15, -0.1) is 0 Å². The molecule has 58 valence electrons. The van der Waals surface area contributed by atoms with Gasteiger partial charge in [-0.1, -0.05) is 20.8 Å². The molecule has 2 bridgehead atoms. The van der Waals surface area contributed by atoms with Crippen LogP contribution < -0.4 is 0 Å². The summed E-state index contributed by atoms with van der Waals surface area (Å²) in [5.74, 6) is 1.05. The van der Waals surface area contributed by atoms with Crippen LogP contribution in [0.5, 0.6) is 0 Å². The third-order valence-electron chi connectivity index (χ3n) is 3.82. The maximum absolute atomic E-state index is 2.47. The Hall–Kier alpha value is 0. The highest BCUT2D eigenvalue weighted by Gasteiger charge is 2.51. The summed E-state index contributed by atoms with van der Waals surface area (Å²) in [5, 5.41) is 0. The van der Waals surface area contributed by atoms with Crippen molar-refractivity contribution in [1.82, 2.24) is 0 Å². The van der Waals surface area contributed by atoms with Crippen LogP contribution >= 0.6 is 0 Å². The fourth-order valence-corrected chi connectivity index (χ4v) is 3.39. The molecule has 0 heteroatoms. The van der Waals surface area contributed by atoms with Crippen LogP contribution in [0, 0.1) is 16.7 Å². The van der Waals surface area contributed by atoms with Gasteiger partial charge < -0.3 is 0 Å². The molecule has 0 unspecified atom stereocenters. The van der Waals surface area contributed by atoms with Crippen LogP contribution in [0.2, 0.25) is 0 Å². The zero-order chi connectivity index (χ0) is 7.41. The van der Waals surface area contributed by atoms with Crippen molar-refractivity contribution in [3.05, 3.63) is 0 Å². The van der Waals surface area contributed by atoms with Crippen LogP contribution in [0.25, 0.3) is 0 Å². The normalized spacial score (nSPS) is 50.1. The van der Waals surface area contributed by atoms with Crippen molar-refractivity contribution in [2.75, 3.05) is 0 Å². The summed E-state index contributed by atoms with van der Waals surface area (Å²) in [7, 11) is 0. The molecule has 2 saturated carbocycles. The quantitative estimate of drug-likeness (QED) is 0.482. The lowest BCUT2D eigenvalue weighted by Crippen LogP contribution is -2.22. The van der Waals surface area contributed by atoms with Crippen LogP contribution in [-0.4, -0.2) is 0 Å². The van der Waals surface area contributed by atoms with E-state index in [4.69, 9.17) is 0 Å². The molecule has 0 nitrogen and oxygen atoms in total. The molecule has 0 heterocycles. The van der Waals surface area contributed by atoms with E-state index in [1.54, 1.807) is 0 Å². The lowest BCUT2D eigenvalue weighted by molar-refractivity contribution is 0.182. The smallest absolute Gasteiger partial charge is 0.0318 e. The maximum atomic E-state index is 2.47. The van der Waals surface area contributed by atoms with E-state index < -0.39 is 0 Å². The zero-order valence-electron chi connectivity index (χ0n) is 7.41. The van der Waals surface area contributed by atoms with E-state index in [-0.39, 0.29) is 0 Å². The van der Waals surface area contributed by atoms with Gasteiger partial charge in [0.25, 0.3) is 0 Å². The Balaban J connectivity index is 2.25.